The van der Waals surface area contributed by atoms with Crippen LogP contribution in [0.2, 0.25) is 5.02 Å². The molecule has 0 bridgehead atoms. The van der Waals surface area contributed by atoms with E-state index in [0.29, 0.717) is 36.9 Å². The van der Waals surface area contributed by atoms with E-state index in [1.807, 2.05) is 37.8 Å². The van der Waals surface area contributed by atoms with Gasteiger partial charge in [-0.1, -0.05) is 38.4 Å². The molecule has 1 aromatic rings. The molecule has 0 aliphatic carbocycles. The number of hydrogen-bond acceptors (Lipinski definition) is 7. The molecule has 1 fully saturated rings. The van der Waals surface area contributed by atoms with Crippen molar-refractivity contribution in [2.45, 2.75) is 20.8 Å². The summed E-state index contributed by atoms with van der Waals surface area (Å²) in [6.45, 7) is 8.33. The van der Waals surface area contributed by atoms with Crippen molar-refractivity contribution in [3.8, 4) is 0 Å². The molecule has 182 valence electrons. The fourth-order valence-corrected chi connectivity index (χ4v) is 4.19. The maximum atomic E-state index is 12.6. The SMILES string of the molecule is COC(=O)C1=C(C(=O)OC)N(c2ccc(N3CCN(C(=O)C(C)(C)C)CC3)c(Cl)c2)C=CC=C1. The number of hydrogen-bond donors (Lipinski definition) is 0. The Labute approximate surface area is 205 Å². The van der Waals surface area contributed by atoms with Crippen molar-refractivity contribution in [3.05, 3.63) is 58.9 Å². The lowest BCUT2D eigenvalue weighted by Crippen LogP contribution is -2.51. The minimum Gasteiger partial charge on any atom is -0.465 e. The van der Waals surface area contributed by atoms with Crippen molar-refractivity contribution in [1.29, 1.82) is 0 Å². The Balaban J connectivity index is 1.88. The van der Waals surface area contributed by atoms with Gasteiger partial charge in [0.25, 0.3) is 0 Å². The van der Waals surface area contributed by atoms with Gasteiger partial charge in [0, 0.05) is 43.5 Å². The molecule has 0 spiro atoms. The molecule has 1 aromatic carbocycles. The van der Waals surface area contributed by atoms with E-state index < -0.39 is 17.4 Å². The number of carbonyl (C=O) groups excluding carboxylic acids is 3. The van der Waals surface area contributed by atoms with Crippen LogP contribution >= 0.6 is 11.6 Å². The zero-order valence-corrected chi connectivity index (χ0v) is 20.9. The van der Waals surface area contributed by atoms with Gasteiger partial charge >= 0.3 is 11.9 Å². The first-order chi connectivity index (χ1) is 16.1. The van der Waals surface area contributed by atoms with Crippen LogP contribution in [-0.2, 0) is 23.9 Å². The van der Waals surface area contributed by atoms with Crippen LogP contribution < -0.4 is 9.80 Å². The number of allylic oxidation sites excluding steroid dienone is 2. The summed E-state index contributed by atoms with van der Waals surface area (Å²) >= 11 is 6.67. The molecule has 2 aliphatic heterocycles. The third-order valence-corrected chi connectivity index (χ3v) is 5.95. The van der Waals surface area contributed by atoms with Gasteiger partial charge in [0.1, 0.15) is 5.70 Å². The van der Waals surface area contributed by atoms with E-state index in [1.165, 1.54) is 20.3 Å². The summed E-state index contributed by atoms with van der Waals surface area (Å²) < 4.78 is 9.79. The van der Waals surface area contributed by atoms with E-state index >= 15 is 0 Å². The molecule has 3 rings (SSSR count). The zero-order valence-electron chi connectivity index (χ0n) is 20.1. The van der Waals surface area contributed by atoms with Crippen LogP contribution in [0.3, 0.4) is 0 Å². The standard InChI is InChI=1S/C25H30ClN3O5/c1-25(2,3)24(32)28-14-12-27(13-15-28)20-10-9-17(16-19(20)26)29-11-7-6-8-18(22(30)33-4)21(29)23(31)34-5/h6-11,16H,12-15H2,1-5H3. The Morgan fingerprint density at radius 2 is 1.59 bits per heavy atom. The van der Waals surface area contributed by atoms with Crippen LogP contribution in [-0.4, -0.2) is 63.1 Å². The van der Waals surface area contributed by atoms with E-state index in [4.69, 9.17) is 21.1 Å². The summed E-state index contributed by atoms with van der Waals surface area (Å²) in [5.41, 5.74) is 1.10. The topological polar surface area (TPSA) is 79.4 Å². The first kappa shape index (κ1) is 25.4. The number of anilines is 2. The Bertz CT molecular complexity index is 1060. The zero-order chi connectivity index (χ0) is 25.0. The predicted molar refractivity (Wildman–Crippen MR) is 132 cm³/mol. The minimum atomic E-state index is -0.684. The lowest BCUT2D eigenvalue weighted by atomic mass is 9.94. The number of piperazine rings is 1. The molecule has 0 atom stereocenters. The first-order valence-corrected chi connectivity index (χ1v) is 11.3. The van der Waals surface area contributed by atoms with Gasteiger partial charge in [-0.3, -0.25) is 4.79 Å². The molecular weight excluding hydrogens is 458 g/mol. The first-order valence-electron chi connectivity index (χ1n) is 11.0. The molecule has 34 heavy (non-hydrogen) atoms. The molecule has 0 unspecified atom stereocenters. The molecule has 2 aliphatic rings. The summed E-state index contributed by atoms with van der Waals surface area (Å²) in [7, 11) is 2.50. The molecule has 1 saturated heterocycles. The Morgan fingerprint density at radius 3 is 2.15 bits per heavy atom. The second-order valence-corrected chi connectivity index (χ2v) is 9.39. The fraction of sp³-hybridized carbons (Fsp3) is 0.400. The minimum absolute atomic E-state index is 0.0254. The van der Waals surface area contributed by atoms with E-state index in [0.717, 1.165) is 5.69 Å². The second-order valence-electron chi connectivity index (χ2n) is 8.98. The van der Waals surface area contributed by atoms with Crippen LogP contribution in [0.4, 0.5) is 11.4 Å². The van der Waals surface area contributed by atoms with Gasteiger partial charge in [-0.2, -0.15) is 0 Å². The number of amides is 1. The third kappa shape index (κ3) is 5.28. The number of rotatable bonds is 4. The largest absolute Gasteiger partial charge is 0.465 e. The molecule has 1 amide bonds. The average Bonchev–Trinajstić information content (AvgIpc) is 3.05. The average molecular weight is 488 g/mol. The predicted octanol–water partition coefficient (Wildman–Crippen LogP) is 3.52. The van der Waals surface area contributed by atoms with Gasteiger partial charge in [-0.05, 0) is 30.4 Å². The number of methoxy groups -OCH3 is 2. The molecule has 0 N–H and O–H groups in total. The van der Waals surface area contributed by atoms with Crippen molar-refractivity contribution >= 4 is 40.8 Å². The molecule has 2 heterocycles. The van der Waals surface area contributed by atoms with Crippen molar-refractivity contribution in [1.82, 2.24) is 4.90 Å². The van der Waals surface area contributed by atoms with Gasteiger partial charge in [0.05, 0.1) is 30.5 Å². The highest BCUT2D eigenvalue weighted by Gasteiger charge is 2.31. The van der Waals surface area contributed by atoms with Gasteiger partial charge < -0.3 is 24.2 Å². The molecule has 0 saturated carbocycles. The number of nitrogens with zero attached hydrogens (tertiary/aromatic N) is 3. The van der Waals surface area contributed by atoms with Gasteiger partial charge in [0.2, 0.25) is 5.91 Å². The number of carbonyl (C=O) groups is 3. The summed E-state index contributed by atoms with van der Waals surface area (Å²) in [5, 5.41) is 0.488. The van der Waals surface area contributed by atoms with Crippen LogP contribution in [0.15, 0.2) is 53.9 Å². The number of ether oxygens (including phenoxy) is 2. The van der Waals surface area contributed by atoms with Crippen molar-refractivity contribution in [2.75, 3.05) is 50.2 Å². The normalized spacial score (nSPS) is 16.5. The van der Waals surface area contributed by atoms with Gasteiger partial charge in [-0.25, -0.2) is 9.59 Å². The summed E-state index contributed by atoms with van der Waals surface area (Å²) in [4.78, 5) is 43.1. The van der Waals surface area contributed by atoms with Crippen LogP contribution in [0.5, 0.6) is 0 Å². The summed E-state index contributed by atoms with van der Waals surface area (Å²) in [6, 6.07) is 5.43. The lowest BCUT2D eigenvalue weighted by molar-refractivity contribution is -0.139. The molecule has 0 radical (unpaired) electrons. The number of halogens is 1. The Hall–Kier alpha value is -3.26. The summed E-state index contributed by atoms with van der Waals surface area (Å²) in [6.07, 6.45) is 6.50. The smallest absolute Gasteiger partial charge is 0.355 e. The van der Waals surface area contributed by atoms with E-state index in [-0.39, 0.29) is 17.2 Å². The van der Waals surface area contributed by atoms with Gasteiger partial charge in [0.15, 0.2) is 0 Å². The van der Waals surface area contributed by atoms with Crippen LogP contribution in [0.25, 0.3) is 0 Å². The maximum Gasteiger partial charge on any atom is 0.355 e. The maximum absolute atomic E-state index is 12.6. The van der Waals surface area contributed by atoms with E-state index in [2.05, 4.69) is 4.90 Å². The van der Waals surface area contributed by atoms with Crippen LogP contribution in [0, 0.1) is 5.41 Å². The number of benzene rings is 1. The van der Waals surface area contributed by atoms with E-state index in [1.54, 1.807) is 29.3 Å². The monoisotopic (exact) mass is 487 g/mol. The quantitative estimate of drug-likeness (QED) is 0.601. The Morgan fingerprint density at radius 1 is 0.941 bits per heavy atom. The van der Waals surface area contributed by atoms with E-state index in [9.17, 15) is 14.4 Å². The fourth-order valence-electron chi connectivity index (χ4n) is 3.89. The van der Waals surface area contributed by atoms with Crippen molar-refractivity contribution < 1.29 is 23.9 Å². The highest BCUT2D eigenvalue weighted by Crippen LogP contribution is 2.34. The third-order valence-electron chi connectivity index (χ3n) is 5.65. The van der Waals surface area contributed by atoms with Crippen molar-refractivity contribution in [2.24, 2.45) is 5.41 Å². The Kier molecular flexibility index (Phi) is 7.71. The highest BCUT2D eigenvalue weighted by molar-refractivity contribution is 6.33. The highest BCUT2D eigenvalue weighted by atomic mass is 35.5. The van der Waals surface area contributed by atoms with Gasteiger partial charge in [-0.15, -0.1) is 0 Å². The molecular formula is C25H30ClN3O5. The molecule has 9 heteroatoms. The molecule has 8 nitrogen and oxygen atoms in total. The number of esters is 2. The summed E-state index contributed by atoms with van der Waals surface area (Å²) in [5.74, 6) is -1.20. The lowest BCUT2D eigenvalue weighted by Gasteiger charge is -2.39. The molecule has 0 aromatic heterocycles. The van der Waals surface area contributed by atoms with Crippen LogP contribution in [0.1, 0.15) is 20.8 Å². The second kappa shape index (κ2) is 10.3. The van der Waals surface area contributed by atoms with Crippen molar-refractivity contribution in [3.63, 3.8) is 0 Å².